The minimum Gasteiger partial charge on any atom is -0.320 e. The molecule has 0 atom stereocenters. The highest BCUT2D eigenvalue weighted by molar-refractivity contribution is 9.10. The standard InChI is InChI=1S/C13H10BrN3O3/c1-8-11(6-7-12(14)15-8)16-13(18)9-2-4-10(5-3-9)17(19)20/h2-7H,1H3,(H,16,18). The van der Waals surface area contributed by atoms with E-state index in [2.05, 4.69) is 26.2 Å². The van der Waals surface area contributed by atoms with Crippen molar-refractivity contribution in [3.8, 4) is 0 Å². The number of nitrogens with one attached hydrogen (secondary N) is 1. The van der Waals surface area contributed by atoms with Crippen LogP contribution in [0.25, 0.3) is 0 Å². The molecule has 0 bridgehead atoms. The summed E-state index contributed by atoms with van der Waals surface area (Å²) in [6.45, 7) is 1.77. The van der Waals surface area contributed by atoms with E-state index in [1.807, 2.05) is 0 Å². The number of benzene rings is 1. The van der Waals surface area contributed by atoms with Gasteiger partial charge in [0.15, 0.2) is 0 Å². The lowest BCUT2D eigenvalue weighted by molar-refractivity contribution is -0.384. The van der Waals surface area contributed by atoms with Crippen molar-refractivity contribution in [2.75, 3.05) is 5.32 Å². The fourth-order valence-electron chi connectivity index (χ4n) is 1.59. The first-order chi connectivity index (χ1) is 9.47. The Bertz CT molecular complexity index is 671. The third-order valence-corrected chi connectivity index (χ3v) is 3.08. The van der Waals surface area contributed by atoms with Crippen molar-refractivity contribution in [1.82, 2.24) is 4.98 Å². The van der Waals surface area contributed by atoms with Crippen LogP contribution in [-0.4, -0.2) is 15.8 Å². The Kier molecular flexibility index (Phi) is 4.09. The summed E-state index contributed by atoms with van der Waals surface area (Å²) in [6, 6.07) is 8.86. The molecule has 0 aliphatic heterocycles. The first kappa shape index (κ1) is 14.1. The zero-order chi connectivity index (χ0) is 14.7. The number of nitro benzene ring substituents is 1. The summed E-state index contributed by atoms with van der Waals surface area (Å²) in [5.74, 6) is -0.341. The predicted molar refractivity (Wildman–Crippen MR) is 77.7 cm³/mol. The van der Waals surface area contributed by atoms with E-state index >= 15 is 0 Å². The highest BCUT2D eigenvalue weighted by Gasteiger charge is 2.11. The quantitative estimate of drug-likeness (QED) is 0.529. The fraction of sp³-hybridized carbons (Fsp3) is 0.0769. The molecule has 2 rings (SSSR count). The molecule has 1 amide bonds. The van der Waals surface area contributed by atoms with Gasteiger partial charge in [0.2, 0.25) is 0 Å². The number of anilines is 1. The van der Waals surface area contributed by atoms with Crippen molar-refractivity contribution in [3.63, 3.8) is 0 Å². The summed E-state index contributed by atoms with van der Waals surface area (Å²) in [6.07, 6.45) is 0. The number of nitrogens with zero attached hydrogens (tertiary/aromatic N) is 2. The van der Waals surface area contributed by atoms with Crippen LogP contribution in [0.2, 0.25) is 0 Å². The third kappa shape index (κ3) is 3.18. The number of halogens is 1. The Balaban J connectivity index is 2.17. The van der Waals surface area contributed by atoms with E-state index in [0.29, 0.717) is 21.5 Å². The molecule has 0 saturated heterocycles. The Morgan fingerprint density at radius 3 is 2.45 bits per heavy atom. The van der Waals surface area contributed by atoms with Crippen molar-refractivity contribution in [2.45, 2.75) is 6.92 Å². The highest BCUT2D eigenvalue weighted by atomic mass is 79.9. The molecule has 102 valence electrons. The van der Waals surface area contributed by atoms with E-state index in [0.717, 1.165) is 0 Å². The van der Waals surface area contributed by atoms with Gasteiger partial charge in [-0.2, -0.15) is 0 Å². The number of amides is 1. The molecule has 1 N–H and O–H groups in total. The van der Waals surface area contributed by atoms with Gasteiger partial charge in [-0.1, -0.05) is 0 Å². The molecule has 0 spiro atoms. The largest absolute Gasteiger partial charge is 0.320 e. The zero-order valence-corrected chi connectivity index (χ0v) is 12.0. The highest BCUT2D eigenvalue weighted by Crippen LogP contribution is 2.18. The van der Waals surface area contributed by atoms with Crippen molar-refractivity contribution in [2.24, 2.45) is 0 Å². The van der Waals surface area contributed by atoms with Gasteiger partial charge in [-0.3, -0.25) is 14.9 Å². The maximum Gasteiger partial charge on any atom is 0.269 e. The Morgan fingerprint density at radius 2 is 1.90 bits per heavy atom. The lowest BCUT2D eigenvalue weighted by Crippen LogP contribution is -2.13. The summed E-state index contributed by atoms with van der Waals surface area (Å²) in [5.41, 5.74) is 1.56. The number of carbonyl (C=O) groups excluding carboxylic acids is 1. The number of aryl methyl sites for hydroxylation is 1. The van der Waals surface area contributed by atoms with E-state index in [4.69, 9.17) is 0 Å². The van der Waals surface area contributed by atoms with Crippen molar-refractivity contribution < 1.29 is 9.72 Å². The van der Waals surface area contributed by atoms with E-state index in [1.165, 1.54) is 24.3 Å². The van der Waals surface area contributed by atoms with Gasteiger partial charge in [-0.05, 0) is 47.1 Å². The van der Waals surface area contributed by atoms with Crippen LogP contribution < -0.4 is 5.32 Å². The van der Waals surface area contributed by atoms with E-state index in [1.54, 1.807) is 19.1 Å². The molecular formula is C13H10BrN3O3. The molecule has 0 aliphatic carbocycles. The van der Waals surface area contributed by atoms with Gasteiger partial charge in [-0.15, -0.1) is 0 Å². The summed E-state index contributed by atoms with van der Waals surface area (Å²) in [5, 5.41) is 13.3. The molecule has 0 aliphatic rings. The summed E-state index contributed by atoms with van der Waals surface area (Å²) < 4.78 is 0.684. The van der Waals surface area contributed by atoms with Gasteiger partial charge in [-0.25, -0.2) is 4.98 Å². The summed E-state index contributed by atoms with van der Waals surface area (Å²) in [4.78, 5) is 26.2. The number of nitro groups is 1. The Hall–Kier alpha value is -2.28. The molecule has 2 aromatic rings. The van der Waals surface area contributed by atoms with E-state index in [9.17, 15) is 14.9 Å². The molecular weight excluding hydrogens is 326 g/mol. The second kappa shape index (κ2) is 5.79. The minimum absolute atomic E-state index is 0.0527. The van der Waals surface area contributed by atoms with Crippen LogP contribution in [0.3, 0.4) is 0 Å². The number of rotatable bonds is 3. The molecule has 6 nitrogen and oxygen atoms in total. The van der Waals surface area contributed by atoms with E-state index < -0.39 is 4.92 Å². The average Bonchev–Trinajstić information content (AvgIpc) is 2.42. The van der Waals surface area contributed by atoms with Gasteiger partial charge < -0.3 is 5.32 Å². The SMILES string of the molecule is Cc1nc(Br)ccc1NC(=O)c1ccc([N+](=O)[O-])cc1. The summed E-state index contributed by atoms with van der Waals surface area (Å²) >= 11 is 3.24. The van der Waals surface area contributed by atoms with Crippen LogP contribution in [0.15, 0.2) is 41.0 Å². The first-order valence-corrected chi connectivity index (χ1v) is 6.45. The smallest absolute Gasteiger partial charge is 0.269 e. The second-order valence-electron chi connectivity index (χ2n) is 4.03. The molecule has 7 heteroatoms. The normalized spacial score (nSPS) is 10.1. The second-order valence-corrected chi connectivity index (χ2v) is 4.84. The number of pyridine rings is 1. The molecule has 1 heterocycles. The maximum absolute atomic E-state index is 12.0. The van der Waals surface area contributed by atoms with Gasteiger partial charge in [0.05, 0.1) is 16.3 Å². The third-order valence-electron chi connectivity index (χ3n) is 2.64. The Morgan fingerprint density at radius 1 is 1.25 bits per heavy atom. The monoisotopic (exact) mass is 335 g/mol. The number of aromatic nitrogens is 1. The van der Waals surface area contributed by atoms with Crippen molar-refractivity contribution in [1.29, 1.82) is 0 Å². The number of hydrogen-bond donors (Lipinski definition) is 1. The van der Waals surface area contributed by atoms with E-state index in [-0.39, 0.29) is 11.6 Å². The molecule has 0 saturated carbocycles. The van der Waals surface area contributed by atoms with Gasteiger partial charge in [0.25, 0.3) is 11.6 Å². The zero-order valence-electron chi connectivity index (χ0n) is 10.5. The van der Waals surface area contributed by atoms with Crippen LogP contribution in [0.1, 0.15) is 16.1 Å². The number of hydrogen-bond acceptors (Lipinski definition) is 4. The molecule has 0 fully saturated rings. The average molecular weight is 336 g/mol. The maximum atomic E-state index is 12.0. The summed E-state index contributed by atoms with van der Waals surface area (Å²) in [7, 11) is 0. The molecule has 1 aromatic heterocycles. The van der Waals surface area contributed by atoms with Crippen molar-refractivity contribution >= 4 is 33.2 Å². The number of non-ortho nitro benzene ring substituents is 1. The first-order valence-electron chi connectivity index (χ1n) is 5.66. The fourth-order valence-corrected chi connectivity index (χ4v) is 1.99. The lowest BCUT2D eigenvalue weighted by Gasteiger charge is -2.07. The molecule has 0 radical (unpaired) electrons. The van der Waals surface area contributed by atoms with Crippen LogP contribution in [0, 0.1) is 17.0 Å². The molecule has 20 heavy (non-hydrogen) atoms. The van der Waals surface area contributed by atoms with Gasteiger partial charge in [0.1, 0.15) is 4.60 Å². The lowest BCUT2D eigenvalue weighted by atomic mass is 10.2. The van der Waals surface area contributed by atoms with Gasteiger partial charge in [0, 0.05) is 17.7 Å². The Labute approximate surface area is 123 Å². The topological polar surface area (TPSA) is 85.1 Å². The number of carbonyl (C=O) groups is 1. The van der Waals surface area contributed by atoms with Crippen LogP contribution >= 0.6 is 15.9 Å². The van der Waals surface area contributed by atoms with Crippen molar-refractivity contribution in [3.05, 3.63) is 62.4 Å². The van der Waals surface area contributed by atoms with Crippen LogP contribution in [0.5, 0.6) is 0 Å². The molecule has 0 unspecified atom stereocenters. The predicted octanol–water partition coefficient (Wildman–Crippen LogP) is 3.31. The van der Waals surface area contributed by atoms with Crippen LogP contribution in [0.4, 0.5) is 11.4 Å². The minimum atomic E-state index is -0.509. The molecule has 1 aromatic carbocycles. The van der Waals surface area contributed by atoms with Gasteiger partial charge >= 0.3 is 0 Å². The van der Waals surface area contributed by atoms with Crippen LogP contribution in [-0.2, 0) is 0 Å².